The van der Waals surface area contributed by atoms with Gasteiger partial charge in [-0.15, -0.1) is 0 Å². The molecule has 0 aliphatic carbocycles. The molecule has 2 aromatic carbocycles. The standard InChI is InChI=1S/C34H39F2N5O4/c1-19(2)28-29(20(3)12-13-37-28)41-30-24(16-25(35)26(27(30)36)23-11-9-8-10-22(23)18-42)31(38-32(41)43)40-15-14-39(17-21(40)4)33(44)45-34(5,6)7/h8-13,16,19,21,42H,14-15,17-18H2,1-7H3/t21-/m0/s1. The normalized spacial score (nSPS) is 15.7. The van der Waals surface area contributed by atoms with Gasteiger partial charge in [-0.3, -0.25) is 9.55 Å². The summed E-state index contributed by atoms with van der Waals surface area (Å²) in [6.45, 7) is 13.2. The van der Waals surface area contributed by atoms with Gasteiger partial charge in [0.05, 0.1) is 29.1 Å². The van der Waals surface area contributed by atoms with Crippen molar-refractivity contribution >= 4 is 22.8 Å². The highest BCUT2D eigenvalue weighted by molar-refractivity contribution is 5.95. The molecule has 1 aliphatic heterocycles. The zero-order valence-corrected chi connectivity index (χ0v) is 26.7. The van der Waals surface area contributed by atoms with Gasteiger partial charge in [0, 0.05) is 37.3 Å². The Morgan fingerprint density at radius 3 is 2.51 bits per heavy atom. The number of hydrogen-bond donors (Lipinski definition) is 1. The summed E-state index contributed by atoms with van der Waals surface area (Å²) in [5.41, 5.74) is 0.230. The molecule has 1 aliphatic rings. The lowest BCUT2D eigenvalue weighted by atomic mass is 9.96. The average molecular weight is 620 g/mol. The van der Waals surface area contributed by atoms with Crippen LogP contribution in [0.2, 0.25) is 0 Å². The molecular formula is C34H39F2N5O4. The van der Waals surface area contributed by atoms with Gasteiger partial charge in [0.15, 0.2) is 5.82 Å². The third-order valence-corrected chi connectivity index (χ3v) is 7.98. The van der Waals surface area contributed by atoms with Crippen molar-refractivity contribution in [2.75, 3.05) is 24.5 Å². The third-order valence-electron chi connectivity index (χ3n) is 7.98. The van der Waals surface area contributed by atoms with Crippen molar-refractivity contribution in [1.29, 1.82) is 0 Å². The molecule has 0 unspecified atom stereocenters. The summed E-state index contributed by atoms with van der Waals surface area (Å²) in [5, 5.41) is 10.1. The first-order valence-corrected chi connectivity index (χ1v) is 15.1. The summed E-state index contributed by atoms with van der Waals surface area (Å²) >= 11 is 0. The lowest BCUT2D eigenvalue weighted by Gasteiger charge is -2.41. The Morgan fingerprint density at radius 2 is 1.87 bits per heavy atom. The summed E-state index contributed by atoms with van der Waals surface area (Å²) in [6.07, 6.45) is 1.17. The monoisotopic (exact) mass is 619 g/mol. The van der Waals surface area contributed by atoms with Gasteiger partial charge in [-0.1, -0.05) is 38.1 Å². The number of ether oxygens (including phenoxy) is 1. The molecule has 0 spiro atoms. The van der Waals surface area contributed by atoms with E-state index in [2.05, 4.69) is 9.97 Å². The van der Waals surface area contributed by atoms with E-state index in [9.17, 15) is 14.7 Å². The van der Waals surface area contributed by atoms with Crippen molar-refractivity contribution in [3.05, 3.63) is 81.5 Å². The fraction of sp³-hybridized carbons (Fsp3) is 0.412. The summed E-state index contributed by atoms with van der Waals surface area (Å²) in [6, 6.07) is 9.02. The molecule has 1 saturated heterocycles. The minimum Gasteiger partial charge on any atom is -0.444 e. The fourth-order valence-electron chi connectivity index (χ4n) is 5.92. The Morgan fingerprint density at radius 1 is 1.16 bits per heavy atom. The Bertz CT molecular complexity index is 1830. The number of nitrogens with zero attached hydrogens (tertiary/aromatic N) is 5. The summed E-state index contributed by atoms with van der Waals surface area (Å²) < 4.78 is 39.9. The zero-order chi connectivity index (χ0) is 32.8. The van der Waals surface area contributed by atoms with E-state index in [1.807, 2.05) is 20.8 Å². The number of carbonyl (C=O) groups excluding carboxylic acids is 1. The van der Waals surface area contributed by atoms with Crippen molar-refractivity contribution in [2.45, 2.75) is 72.6 Å². The summed E-state index contributed by atoms with van der Waals surface area (Å²) in [5.74, 6) is -1.82. The summed E-state index contributed by atoms with van der Waals surface area (Å²) in [4.78, 5) is 39.2. The van der Waals surface area contributed by atoms with Crippen molar-refractivity contribution in [1.82, 2.24) is 19.4 Å². The van der Waals surface area contributed by atoms with E-state index in [1.165, 1.54) is 16.7 Å². The van der Waals surface area contributed by atoms with Gasteiger partial charge in [-0.05, 0) is 69.4 Å². The second kappa shape index (κ2) is 12.2. The Labute approximate surface area is 261 Å². The van der Waals surface area contributed by atoms with Crippen molar-refractivity contribution < 1.29 is 23.4 Å². The lowest BCUT2D eigenvalue weighted by molar-refractivity contribution is 0.0218. The van der Waals surface area contributed by atoms with Gasteiger partial charge < -0.3 is 19.6 Å². The molecule has 9 nitrogen and oxygen atoms in total. The van der Waals surface area contributed by atoms with Gasteiger partial charge in [0.2, 0.25) is 0 Å². The highest BCUT2D eigenvalue weighted by Crippen LogP contribution is 2.38. The van der Waals surface area contributed by atoms with Crippen LogP contribution in [0.5, 0.6) is 0 Å². The predicted octanol–water partition coefficient (Wildman–Crippen LogP) is 6.10. The molecule has 45 heavy (non-hydrogen) atoms. The van der Waals surface area contributed by atoms with Crippen LogP contribution in [0.25, 0.3) is 27.7 Å². The minimum absolute atomic E-state index is 0.102. The maximum absolute atomic E-state index is 17.1. The van der Waals surface area contributed by atoms with Gasteiger partial charge >= 0.3 is 11.8 Å². The largest absolute Gasteiger partial charge is 0.444 e. The molecule has 11 heteroatoms. The molecule has 4 aromatic rings. The Hall–Kier alpha value is -4.38. The van der Waals surface area contributed by atoms with Gasteiger partial charge in [-0.25, -0.2) is 18.4 Å². The van der Waals surface area contributed by atoms with Crippen LogP contribution < -0.4 is 10.6 Å². The number of aliphatic hydroxyl groups excluding tert-OH is 1. The molecule has 5 rings (SSSR count). The highest BCUT2D eigenvalue weighted by Gasteiger charge is 2.34. The van der Waals surface area contributed by atoms with E-state index in [-0.39, 0.29) is 59.4 Å². The quantitative estimate of drug-likeness (QED) is 0.288. The maximum Gasteiger partial charge on any atom is 0.410 e. The topological polar surface area (TPSA) is 101 Å². The number of carbonyl (C=O) groups is 1. The average Bonchev–Trinajstić information content (AvgIpc) is 2.96. The first-order chi connectivity index (χ1) is 21.2. The van der Waals surface area contributed by atoms with Crippen LogP contribution in [0.1, 0.15) is 64.3 Å². The molecule has 2 aromatic heterocycles. The van der Waals surface area contributed by atoms with Gasteiger partial charge in [0.25, 0.3) is 0 Å². The summed E-state index contributed by atoms with van der Waals surface area (Å²) in [7, 11) is 0. The Kier molecular flexibility index (Phi) is 8.68. The van der Waals surface area contributed by atoms with Crippen LogP contribution in [0.3, 0.4) is 0 Å². The molecule has 1 N–H and O–H groups in total. The molecule has 0 saturated carbocycles. The number of halogens is 2. The van der Waals surface area contributed by atoms with Gasteiger partial charge in [0.1, 0.15) is 17.2 Å². The number of anilines is 1. The maximum atomic E-state index is 17.1. The van der Waals surface area contributed by atoms with Gasteiger partial charge in [-0.2, -0.15) is 4.98 Å². The molecule has 238 valence electrons. The molecule has 0 bridgehead atoms. The smallest absolute Gasteiger partial charge is 0.410 e. The van der Waals surface area contributed by atoms with Crippen LogP contribution in [0.15, 0.2) is 47.4 Å². The number of rotatable bonds is 5. The third kappa shape index (κ3) is 6.01. The molecule has 1 amide bonds. The number of aryl methyl sites for hydroxylation is 1. The first kappa shape index (κ1) is 32.0. The van der Waals surface area contributed by atoms with E-state index in [4.69, 9.17) is 4.74 Å². The number of aromatic nitrogens is 3. The van der Waals surface area contributed by atoms with Crippen LogP contribution in [0, 0.1) is 18.6 Å². The van der Waals surface area contributed by atoms with Crippen LogP contribution in [0.4, 0.5) is 19.4 Å². The van der Waals surface area contributed by atoms with Crippen LogP contribution in [-0.2, 0) is 11.3 Å². The SMILES string of the molecule is Cc1ccnc(C(C)C)c1-n1c(=O)nc(N2CCN(C(=O)OC(C)(C)C)C[C@@H]2C)c2cc(F)c(-c3ccccc3CO)c(F)c21. The van der Waals surface area contributed by atoms with E-state index in [0.717, 1.165) is 0 Å². The number of hydrogen-bond acceptors (Lipinski definition) is 7. The molecule has 0 radical (unpaired) electrons. The minimum atomic E-state index is -0.954. The van der Waals surface area contributed by atoms with Crippen LogP contribution in [-0.4, -0.2) is 61.9 Å². The number of amides is 1. The number of aliphatic hydroxyl groups is 1. The number of fused-ring (bicyclic) bond motifs is 1. The highest BCUT2D eigenvalue weighted by atomic mass is 19.1. The number of piperazine rings is 1. The van der Waals surface area contributed by atoms with Crippen LogP contribution >= 0.6 is 0 Å². The van der Waals surface area contributed by atoms with Crippen molar-refractivity contribution in [3.63, 3.8) is 0 Å². The second-order valence-corrected chi connectivity index (χ2v) is 12.8. The number of benzene rings is 2. The first-order valence-electron chi connectivity index (χ1n) is 15.1. The predicted molar refractivity (Wildman–Crippen MR) is 170 cm³/mol. The number of pyridine rings is 1. The molecule has 3 heterocycles. The molecule has 1 fully saturated rings. The van der Waals surface area contributed by atoms with E-state index < -0.39 is 35.6 Å². The van der Waals surface area contributed by atoms with Crippen molar-refractivity contribution in [2.24, 2.45) is 0 Å². The van der Waals surface area contributed by atoms with E-state index >= 15 is 8.78 Å². The Balaban J connectivity index is 1.78. The fourth-order valence-corrected chi connectivity index (χ4v) is 5.92. The molecule has 1 atom stereocenters. The molecular weight excluding hydrogens is 580 g/mol. The van der Waals surface area contributed by atoms with E-state index in [1.54, 1.807) is 68.0 Å². The second-order valence-electron chi connectivity index (χ2n) is 12.8. The van der Waals surface area contributed by atoms with E-state index in [0.29, 0.717) is 22.5 Å². The zero-order valence-electron chi connectivity index (χ0n) is 26.7. The lowest BCUT2D eigenvalue weighted by Crippen LogP contribution is -2.55. The van der Waals surface area contributed by atoms with Crippen molar-refractivity contribution in [3.8, 4) is 16.8 Å².